The molecule has 1 unspecified atom stereocenters. The largest absolute Gasteiger partial charge is 0.451 e. The van der Waals surface area contributed by atoms with Gasteiger partial charge >= 0.3 is 27.3 Å². The van der Waals surface area contributed by atoms with Crippen LogP contribution in [0.15, 0.2) is 18.2 Å². The van der Waals surface area contributed by atoms with Crippen LogP contribution in [0.4, 0.5) is 14.5 Å². The molecule has 1 atom stereocenters. The molecule has 0 radical (unpaired) electrons. The summed E-state index contributed by atoms with van der Waals surface area (Å²) < 4.78 is 71.2. The molecule has 18 heteroatoms. The molecule has 2 aromatic rings. The van der Waals surface area contributed by atoms with Crippen molar-refractivity contribution in [2.24, 2.45) is 0 Å². The van der Waals surface area contributed by atoms with Gasteiger partial charge < -0.3 is 9.47 Å². The highest BCUT2D eigenvalue weighted by molar-refractivity contribution is 14.1. The zero-order valence-corrected chi connectivity index (χ0v) is 28.1. The fraction of sp³-hybridized carbons (Fsp3) is 0.176. The summed E-state index contributed by atoms with van der Waals surface area (Å²) in [5.41, 5.74) is -1.54. The number of hydrogen-bond donors (Lipinski definition) is 1. The molecule has 0 amide bonds. The predicted octanol–water partition coefficient (Wildman–Crippen LogP) is 5.86. The van der Waals surface area contributed by atoms with Gasteiger partial charge in [0.15, 0.2) is 6.10 Å². The first-order chi connectivity index (χ1) is 15.9. The summed E-state index contributed by atoms with van der Waals surface area (Å²) in [7, 11) is -5.95. The second-order valence-electron chi connectivity index (χ2n) is 6.35. The molecule has 190 valence electrons. The number of benzene rings is 2. The topological polar surface area (TPSA) is 150 Å². The maximum atomic E-state index is 13.7. The van der Waals surface area contributed by atoms with Crippen LogP contribution >= 0.6 is 113 Å². The van der Waals surface area contributed by atoms with Gasteiger partial charge in [0, 0.05) is 30.0 Å². The van der Waals surface area contributed by atoms with Crippen molar-refractivity contribution in [1.29, 1.82) is 0 Å². The van der Waals surface area contributed by atoms with E-state index in [9.17, 15) is 36.9 Å². The summed E-state index contributed by atoms with van der Waals surface area (Å²) in [6, 6.07) is 2.55. The van der Waals surface area contributed by atoms with Crippen molar-refractivity contribution >= 4 is 141 Å². The fourth-order valence-electron chi connectivity index (χ4n) is 2.35. The number of alkyl halides is 2. The number of rotatable bonds is 7. The van der Waals surface area contributed by atoms with Crippen molar-refractivity contribution in [2.75, 3.05) is 0 Å². The van der Waals surface area contributed by atoms with E-state index >= 15 is 0 Å². The molecule has 2 aromatic carbocycles. The third-order valence-electron chi connectivity index (χ3n) is 4.11. The molecule has 0 spiro atoms. The van der Waals surface area contributed by atoms with Crippen molar-refractivity contribution in [1.82, 2.24) is 0 Å². The van der Waals surface area contributed by atoms with Gasteiger partial charge in [-0.05, 0) is 126 Å². The monoisotopic (exact) mass is 1070 g/mol. The van der Waals surface area contributed by atoms with Crippen molar-refractivity contribution in [2.45, 2.75) is 18.3 Å². The lowest BCUT2D eigenvalue weighted by molar-refractivity contribution is -0.385. The standard InChI is InChI=1S/C17H8F2I5NO9S/c1-5(17(18,19)35(30,31)32)33-15(26)7-4-6(2-3-8(7)25(28)29)34-16(27)9-10(20)12(22)14(24)13(23)11(9)21/h2-5H,1H3,(H,30,31,32). The van der Waals surface area contributed by atoms with Gasteiger partial charge in [0.2, 0.25) is 0 Å². The average Bonchev–Trinajstić information content (AvgIpc) is 2.75. The van der Waals surface area contributed by atoms with E-state index in [0.717, 1.165) is 28.9 Å². The summed E-state index contributed by atoms with van der Waals surface area (Å²) in [4.78, 5) is 35.6. The van der Waals surface area contributed by atoms with Gasteiger partial charge in [0.25, 0.3) is 5.69 Å². The van der Waals surface area contributed by atoms with E-state index in [4.69, 9.17) is 9.29 Å². The molecule has 0 saturated carbocycles. The summed E-state index contributed by atoms with van der Waals surface area (Å²) in [6.07, 6.45) is -2.70. The molecule has 0 aromatic heterocycles. The Bertz CT molecular complexity index is 1320. The highest BCUT2D eigenvalue weighted by Gasteiger charge is 2.52. The average molecular weight is 1070 g/mol. The molecular formula is C17H8F2I5NO9S. The number of esters is 2. The normalized spacial score (nSPS) is 12.7. The number of nitro benzene ring substituents is 1. The molecule has 0 bridgehead atoms. The molecule has 0 aliphatic rings. The summed E-state index contributed by atoms with van der Waals surface area (Å²) in [5.74, 6) is -2.88. The second kappa shape index (κ2) is 11.9. The maximum Gasteiger partial charge on any atom is 0.405 e. The van der Waals surface area contributed by atoms with Crippen LogP contribution < -0.4 is 4.74 Å². The quantitative estimate of drug-likeness (QED) is 0.0526. The van der Waals surface area contributed by atoms with E-state index in [-0.39, 0.29) is 11.3 Å². The molecule has 1 N–H and O–H groups in total. The van der Waals surface area contributed by atoms with Crippen molar-refractivity contribution in [3.8, 4) is 5.75 Å². The first-order valence-corrected chi connectivity index (χ1v) is 15.3. The van der Waals surface area contributed by atoms with Crippen LogP contribution in [0, 0.1) is 28.0 Å². The van der Waals surface area contributed by atoms with Crippen LogP contribution in [0.3, 0.4) is 0 Å². The molecule has 35 heavy (non-hydrogen) atoms. The van der Waals surface area contributed by atoms with Crippen LogP contribution in [0.2, 0.25) is 0 Å². The Balaban J connectivity index is 2.46. The Kier molecular flexibility index (Phi) is 10.7. The third kappa shape index (κ3) is 6.80. The number of carbonyl (C=O) groups excluding carboxylic acids is 2. The Hall–Kier alpha value is 0.200. The molecule has 0 aliphatic heterocycles. The summed E-state index contributed by atoms with van der Waals surface area (Å²) >= 11 is 10.2. The minimum Gasteiger partial charge on any atom is -0.451 e. The SMILES string of the molecule is CC(OC(=O)c1cc(OC(=O)c2c(I)c(I)c(I)c(I)c2I)ccc1[N+](=O)[O-])C(F)(F)S(=O)(=O)O. The highest BCUT2D eigenvalue weighted by atomic mass is 127. The van der Waals surface area contributed by atoms with Crippen LogP contribution in [-0.2, 0) is 14.9 Å². The number of nitro groups is 1. The Labute approximate surface area is 264 Å². The van der Waals surface area contributed by atoms with Gasteiger partial charge in [-0.25, -0.2) is 9.59 Å². The van der Waals surface area contributed by atoms with Crippen molar-refractivity contribution in [3.05, 3.63) is 57.3 Å². The van der Waals surface area contributed by atoms with Crippen molar-refractivity contribution in [3.63, 3.8) is 0 Å². The van der Waals surface area contributed by atoms with E-state index in [1.165, 1.54) is 0 Å². The van der Waals surface area contributed by atoms with E-state index in [1.807, 2.05) is 45.2 Å². The minimum absolute atomic E-state index is 0.212. The number of halogens is 7. The predicted molar refractivity (Wildman–Crippen MR) is 159 cm³/mol. The summed E-state index contributed by atoms with van der Waals surface area (Å²) in [6.45, 7) is 0.477. The Morgan fingerprint density at radius 2 is 1.51 bits per heavy atom. The lowest BCUT2D eigenvalue weighted by Crippen LogP contribution is -2.42. The Morgan fingerprint density at radius 3 is 1.97 bits per heavy atom. The van der Waals surface area contributed by atoms with Gasteiger partial charge in [0.1, 0.15) is 11.3 Å². The maximum absolute atomic E-state index is 13.7. The molecule has 2 rings (SSSR count). The minimum atomic E-state index is -5.95. The molecular weight excluding hydrogens is 1070 g/mol. The van der Waals surface area contributed by atoms with Crippen LogP contribution in [0.25, 0.3) is 0 Å². The van der Waals surface area contributed by atoms with Gasteiger partial charge in [0.05, 0.1) is 10.5 Å². The number of carbonyl (C=O) groups is 2. The van der Waals surface area contributed by atoms with Gasteiger partial charge in [-0.3, -0.25) is 14.7 Å². The van der Waals surface area contributed by atoms with Gasteiger partial charge in [-0.2, -0.15) is 17.2 Å². The Morgan fingerprint density at radius 1 is 1.03 bits per heavy atom. The zero-order valence-electron chi connectivity index (χ0n) is 16.5. The molecule has 0 fully saturated rings. The van der Waals surface area contributed by atoms with E-state index in [1.54, 1.807) is 0 Å². The highest BCUT2D eigenvalue weighted by Crippen LogP contribution is 2.35. The molecule has 0 aliphatic carbocycles. The van der Waals surface area contributed by atoms with Crippen LogP contribution in [0.1, 0.15) is 27.6 Å². The van der Waals surface area contributed by atoms with Crippen molar-refractivity contribution < 1.29 is 45.7 Å². The molecule has 10 nitrogen and oxygen atoms in total. The molecule has 0 saturated heterocycles. The number of hydrogen-bond acceptors (Lipinski definition) is 8. The second-order valence-corrected chi connectivity index (χ2v) is 13.2. The van der Waals surface area contributed by atoms with Gasteiger partial charge in [-0.1, -0.05) is 0 Å². The lowest BCUT2D eigenvalue weighted by atomic mass is 10.1. The zero-order chi connectivity index (χ0) is 27.0. The first-order valence-electron chi connectivity index (χ1n) is 8.49. The van der Waals surface area contributed by atoms with E-state index in [2.05, 4.69) is 72.5 Å². The number of ether oxygens (including phenoxy) is 2. The number of nitrogens with zero attached hydrogens (tertiary/aromatic N) is 1. The third-order valence-corrected chi connectivity index (χ3v) is 14.7. The molecule has 0 heterocycles. The fourth-order valence-corrected chi connectivity index (χ4v) is 8.01. The van der Waals surface area contributed by atoms with Crippen LogP contribution in [-0.4, -0.2) is 41.2 Å². The first kappa shape index (κ1) is 31.4. The smallest absolute Gasteiger partial charge is 0.405 e. The van der Waals surface area contributed by atoms with E-state index < -0.39 is 49.6 Å². The van der Waals surface area contributed by atoms with Crippen LogP contribution in [0.5, 0.6) is 5.75 Å². The summed E-state index contributed by atoms with van der Waals surface area (Å²) in [5, 5.41) is 6.44. The lowest BCUT2D eigenvalue weighted by Gasteiger charge is -2.20. The van der Waals surface area contributed by atoms with Gasteiger partial charge in [-0.15, -0.1) is 0 Å². The van der Waals surface area contributed by atoms with E-state index in [0.29, 0.717) is 14.1 Å².